The molecule has 0 aromatic heterocycles. The van der Waals surface area contributed by atoms with Crippen LogP contribution in [-0.2, 0) is 6.54 Å². The third-order valence-corrected chi connectivity index (χ3v) is 2.54. The second-order valence-corrected chi connectivity index (χ2v) is 5.31. The molecule has 1 aromatic carbocycles. The smallest absolute Gasteiger partial charge is 0.317 e. The zero-order valence-electron chi connectivity index (χ0n) is 11.5. The van der Waals surface area contributed by atoms with Gasteiger partial charge in [-0.05, 0) is 26.3 Å². The van der Waals surface area contributed by atoms with Gasteiger partial charge in [0.2, 0.25) is 0 Å². The predicted molar refractivity (Wildman–Crippen MR) is 72.3 cm³/mol. The van der Waals surface area contributed by atoms with Crippen molar-refractivity contribution in [1.82, 2.24) is 10.2 Å². The Labute approximate surface area is 109 Å². The van der Waals surface area contributed by atoms with Crippen LogP contribution in [0.4, 0.5) is 4.79 Å². The third kappa shape index (κ3) is 5.19. The van der Waals surface area contributed by atoms with Crippen molar-refractivity contribution in [3.63, 3.8) is 0 Å². The van der Waals surface area contributed by atoms with Crippen molar-refractivity contribution in [2.75, 3.05) is 13.6 Å². The molecule has 18 heavy (non-hydrogen) atoms. The average Bonchev–Trinajstić information content (AvgIpc) is 2.25. The number of nitrogens with one attached hydrogen (secondary N) is 1. The maximum atomic E-state index is 11.8. The molecule has 2 N–H and O–H groups in total. The van der Waals surface area contributed by atoms with Gasteiger partial charge in [-0.25, -0.2) is 4.79 Å². The number of aryl methyl sites for hydroxylation is 1. The Morgan fingerprint density at radius 3 is 2.39 bits per heavy atom. The monoisotopic (exact) mass is 250 g/mol. The van der Waals surface area contributed by atoms with E-state index in [9.17, 15) is 9.90 Å². The Bertz CT molecular complexity index is 393. The minimum Gasteiger partial charge on any atom is -0.389 e. The Kier molecular flexibility index (Phi) is 4.73. The van der Waals surface area contributed by atoms with E-state index in [0.29, 0.717) is 13.1 Å². The van der Waals surface area contributed by atoms with Gasteiger partial charge in [0.15, 0.2) is 0 Å². The lowest BCUT2D eigenvalue weighted by atomic mass is 10.1. The van der Waals surface area contributed by atoms with Gasteiger partial charge < -0.3 is 15.3 Å². The highest BCUT2D eigenvalue weighted by molar-refractivity contribution is 5.73. The minimum absolute atomic E-state index is 0.183. The van der Waals surface area contributed by atoms with Gasteiger partial charge in [-0.1, -0.05) is 29.8 Å². The van der Waals surface area contributed by atoms with Crippen molar-refractivity contribution in [2.24, 2.45) is 0 Å². The molecule has 100 valence electrons. The summed E-state index contributed by atoms with van der Waals surface area (Å²) in [4.78, 5) is 13.2. The van der Waals surface area contributed by atoms with E-state index < -0.39 is 5.60 Å². The number of carbonyl (C=O) groups excluding carboxylic acids is 1. The van der Waals surface area contributed by atoms with E-state index in [2.05, 4.69) is 5.32 Å². The fourth-order valence-corrected chi connectivity index (χ4v) is 1.67. The molecule has 0 radical (unpaired) electrons. The number of carbonyl (C=O) groups is 1. The molecule has 1 aromatic rings. The Balaban J connectivity index is 2.43. The summed E-state index contributed by atoms with van der Waals surface area (Å²) in [7, 11) is 1.67. The van der Waals surface area contributed by atoms with Crippen LogP contribution in [0.5, 0.6) is 0 Å². The predicted octanol–water partition coefficient (Wildman–Crippen LogP) is 1.91. The molecule has 0 atom stereocenters. The summed E-state index contributed by atoms with van der Waals surface area (Å²) in [5, 5.41) is 12.4. The first-order valence-corrected chi connectivity index (χ1v) is 6.05. The van der Waals surface area contributed by atoms with Crippen LogP contribution in [-0.4, -0.2) is 35.2 Å². The van der Waals surface area contributed by atoms with Gasteiger partial charge in [0, 0.05) is 13.6 Å². The lowest BCUT2D eigenvalue weighted by molar-refractivity contribution is 0.0531. The second kappa shape index (κ2) is 5.87. The van der Waals surface area contributed by atoms with Crippen LogP contribution in [0.1, 0.15) is 25.0 Å². The van der Waals surface area contributed by atoms with Gasteiger partial charge in [-0.3, -0.25) is 0 Å². The highest BCUT2D eigenvalue weighted by Crippen LogP contribution is 2.05. The average molecular weight is 250 g/mol. The summed E-state index contributed by atoms with van der Waals surface area (Å²) in [5.41, 5.74) is 1.38. The van der Waals surface area contributed by atoms with E-state index in [-0.39, 0.29) is 6.03 Å². The molecule has 0 bridgehead atoms. The quantitative estimate of drug-likeness (QED) is 0.857. The number of rotatable bonds is 4. The lowest BCUT2D eigenvalue weighted by Gasteiger charge is -2.25. The topological polar surface area (TPSA) is 52.6 Å². The first-order valence-electron chi connectivity index (χ1n) is 6.05. The standard InChI is InChI=1S/C14H22N2O2/c1-11-5-7-12(8-6-11)9-15-13(17)16(4)10-14(2,3)18/h5-8,18H,9-10H2,1-4H3,(H,15,17). The van der Waals surface area contributed by atoms with Crippen molar-refractivity contribution in [3.8, 4) is 0 Å². The van der Waals surface area contributed by atoms with Gasteiger partial charge in [-0.2, -0.15) is 0 Å². The number of hydrogen-bond acceptors (Lipinski definition) is 2. The van der Waals surface area contributed by atoms with Crippen LogP contribution in [0.15, 0.2) is 24.3 Å². The first-order chi connectivity index (χ1) is 8.28. The molecule has 0 saturated heterocycles. The molecule has 0 spiro atoms. The number of benzene rings is 1. The maximum Gasteiger partial charge on any atom is 0.317 e. The highest BCUT2D eigenvalue weighted by Gasteiger charge is 2.18. The molecule has 4 nitrogen and oxygen atoms in total. The summed E-state index contributed by atoms with van der Waals surface area (Å²) in [6.45, 7) is 6.18. The molecule has 0 fully saturated rings. The van der Waals surface area contributed by atoms with Crippen LogP contribution < -0.4 is 5.32 Å². The van der Waals surface area contributed by atoms with E-state index >= 15 is 0 Å². The minimum atomic E-state index is -0.879. The zero-order valence-corrected chi connectivity index (χ0v) is 11.5. The Morgan fingerprint density at radius 2 is 1.89 bits per heavy atom. The number of urea groups is 1. The molecule has 1 rings (SSSR count). The van der Waals surface area contributed by atoms with Gasteiger partial charge in [0.05, 0.1) is 12.1 Å². The van der Waals surface area contributed by atoms with Crippen LogP contribution in [0.3, 0.4) is 0 Å². The zero-order chi connectivity index (χ0) is 13.8. The van der Waals surface area contributed by atoms with Gasteiger partial charge in [-0.15, -0.1) is 0 Å². The number of amides is 2. The van der Waals surface area contributed by atoms with Crippen LogP contribution >= 0.6 is 0 Å². The van der Waals surface area contributed by atoms with Gasteiger partial charge in [0.1, 0.15) is 0 Å². The van der Waals surface area contributed by atoms with Gasteiger partial charge in [0.25, 0.3) is 0 Å². The third-order valence-electron chi connectivity index (χ3n) is 2.54. The van der Waals surface area contributed by atoms with Crippen molar-refractivity contribution in [3.05, 3.63) is 35.4 Å². The summed E-state index contributed by atoms with van der Waals surface area (Å²) >= 11 is 0. The van der Waals surface area contributed by atoms with E-state index in [4.69, 9.17) is 0 Å². The molecule has 4 heteroatoms. The second-order valence-electron chi connectivity index (χ2n) is 5.31. The molecule has 0 saturated carbocycles. The van der Waals surface area contributed by atoms with Crippen molar-refractivity contribution < 1.29 is 9.90 Å². The largest absolute Gasteiger partial charge is 0.389 e. The fourth-order valence-electron chi connectivity index (χ4n) is 1.67. The number of nitrogens with zero attached hydrogens (tertiary/aromatic N) is 1. The van der Waals surface area contributed by atoms with E-state index in [1.54, 1.807) is 20.9 Å². The summed E-state index contributed by atoms with van der Waals surface area (Å²) in [5.74, 6) is 0. The van der Waals surface area contributed by atoms with Crippen LogP contribution in [0.25, 0.3) is 0 Å². The highest BCUT2D eigenvalue weighted by atomic mass is 16.3. The van der Waals surface area contributed by atoms with Crippen molar-refractivity contribution in [1.29, 1.82) is 0 Å². The molecule has 0 unspecified atom stereocenters. The number of aliphatic hydroxyl groups is 1. The maximum absolute atomic E-state index is 11.8. The van der Waals surface area contributed by atoms with E-state index in [1.807, 2.05) is 31.2 Å². The lowest BCUT2D eigenvalue weighted by Crippen LogP contribution is -2.44. The van der Waals surface area contributed by atoms with E-state index in [1.165, 1.54) is 10.5 Å². The molecule has 2 amide bonds. The molecule has 0 aliphatic carbocycles. The van der Waals surface area contributed by atoms with Crippen molar-refractivity contribution in [2.45, 2.75) is 32.9 Å². The molecular formula is C14H22N2O2. The molecular weight excluding hydrogens is 228 g/mol. The Hall–Kier alpha value is -1.55. The van der Waals surface area contributed by atoms with Gasteiger partial charge >= 0.3 is 6.03 Å². The molecule has 0 aliphatic rings. The van der Waals surface area contributed by atoms with Crippen molar-refractivity contribution >= 4 is 6.03 Å². The van der Waals surface area contributed by atoms with Crippen LogP contribution in [0, 0.1) is 6.92 Å². The first kappa shape index (κ1) is 14.5. The SMILES string of the molecule is Cc1ccc(CNC(=O)N(C)CC(C)(C)O)cc1. The molecule has 0 aliphatic heterocycles. The Morgan fingerprint density at radius 1 is 1.33 bits per heavy atom. The molecule has 0 heterocycles. The normalized spacial score (nSPS) is 11.2. The van der Waals surface area contributed by atoms with E-state index in [0.717, 1.165) is 5.56 Å². The number of likely N-dealkylation sites (N-methyl/N-ethyl adjacent to an activating group) is 1. The summed E-state index contributed by atoms with van der Waals surface area (Å²) < 4.78 is 0. The summed E-state index contributed by atoms with van der Waals surface area (Å²) in [6, 6.07) is 7.83. The number of hydrogen-bond donors (Lipinski definition) is 2. The summed E-state index contributed by atoms with van der Waals surface area (Å²) in [6.07, 6.45) is 0. The van der Waals surface area contributed by atoms with Crippen LogP contribution in [0.2, 0.25) is 0 Å². The fraction of sp³-hybridized carbons (Fsp3) is 0.500.